The van der Waals surface area contributed by atoms with Gasteiger partial charge >= 0.3 is 0 Å². The number of benzene rings is 3. The molecule has 0 aliphatic carbocycles. The summed E-state index contributed by atoms with van der Waals surface area (Å²) >= 11 is 0. The van der Waals surface area contributed by atoms with Gasteiger partial charge in [-0.2, -0.15) is 0 Å². The topological polar surface area (TPSA) is 67.4 Å². The molecule has 2 N–H and O–H groups in total. The molecule has 1 heterocycles. The standard InChI is InChI=1S/C27H28N2O3/c1-19(25(20-10-4-2-5-11-20)21-12-6-3-7-13-21)28-26(30)22-14-8-15-23(18-22)29-27(31)24-16-9-17-32-24/h2-8,10-15,18-19,24-25H,9,16-17H2,1H3,(H,28,30)(H,29,31)/t19-,24+/m0/s1. The smallest absolute Gasteiger partial charge is 0.253 e. The zero-order valence-electron chi connectivity index (χ0n) is 18.2. The lowest BCUT2D eigenvalue weighted by molar-refractivity contribution is -0.124. The van der Waals surface area contributed by atoms with Gasteiger partial charge in [0.05, 0.1) is 0 Å². The van der Waals surface area contributed by atoms with Crippen LogP contribution in [0.5, 0.6) is 0 Å². The number of nitrogens with one attached hydrogen (secondary N) is 2. The Morgan fingerprint density at radius 3 is 2.16 bits per heavy atom. The molecule has 1 saturated heterocycles. The maximum atomic E-state index is 13.1. The third-order valence-corrected chi connectivity index (χ3v) is 5.79. The van der Waals surface area contributed by atoms with Crippen molar-refractivity contribution in [2.75, 3.05) is 11.9 Å². The minimum Gasteiger partial charge on any atom is -0.368 e. The molecule has 4 rings (SSSR count). The highest BCUT2D eigenvalue weighted by molar-refractivity contribution is 5.98. The number of anilines is 1. The van der Waals surface area contributed by atoms with E-state index < -0.39 is 6.10 Å². The summed E-state index contributed by atoms with van der Waals surface area (Å²) in [5.74, 6) is -0.326. The van der Waals surface area contributed by atoms with Gasteiger partial charge in [-0.3, -0.25) is 9.59 Å². The SMILES string of the molecule is C[C@H](NC(=O)c1cccc(NC(=O)[C@H]2CCCO2)c1)C(c1ccccc1)c1ccccc1. The van der Waals surface area contributed by atoms with Gasteiger partial charge in [0.2, 0.25) is 0 Å². The fourth-order valence-corrected chi connectivity index (χ4v) is 4.21. The van der Waals surface area contributed by atoms with E-state index in [2.05, 4.69) is 34.9 Å². The van der Waals surface area contributed by atoms with Crippen LogP contribution in [0.1, 0.15) is 47.2 Å². The van der Waals surface area contributed by atoms with Crippen LogP contribution >= 0.6 is 0 Å². The molecule has 0 bridgehead atoms. The lowest BCUT2D eigenvalue weighted by atomic mass is 9.85. The normalized spacial score (nSPS) is 16.5. The summed E-state index contributed by atoms with van der Waals surface area (Å²) in [6.45, 7) is 2.63. The van der Waals surface area contributed by atoms with Crippen molar-refractivity contribution in [1.82, 2.24) is 5.32 Å². The molecule has 0 saturated carbocycles. The first-order valence-corrected chi connectivity index (χ1v) is 11.0. The van der Waals surface area contributed by atoms with E-state index in [0.29, 0.717) is 17.9 Å². The van der Waals surface area contributed by atoms with Crippen LogP contribution in [0.2, 0.25) is 0 Å². The van der Waals surface area contributed by atoms with Crippen molar-refractivity contribution < 1.29 is 14.3 Å². The molecule has 5 nitrogen and oxygen atoms in total. The minimum absolute atomic E-state index is 0.0174. The Morgan fingerprint density at radius 2 is 1.56 bits per heavy atom. The molecular formula is C27H28N2O3. The molecular weight excluding hydrogens is 400 g/mol. The first-order valence-electron chi connectivity index (χ1n) is 11.0. The Bertz CT molecular complexity index is 1010. The Morgan fingerprint density at radius 1 is 0.906 bits per heavy atom. The van der Waals surface area contributed by atoms with Crippen LogP contribution in [-0.2, 0) is 9.53 Å². The maximum Gasteiger partial charge on any atom is 0.253 e. The molecule has 164 valence electrons. The van der Waals surface area contributed by atoms with Gasteiger partial charge in [0.25, 0.3) is 11.8 Å². The number of ether oxygens (including phenoxy) is 1. The highest BCUT2D eigenvalue weighted by Crippen LogP contribution is 2.28. The van der Waals surface area contributed by atoms with Crippen LogP contribution in [-0.4, -0.2) is 30.6 Å². The number of amides is 2. The van der Waals surface area contributed by atoms with Crippen LogP contribution in [0.25, 0.3) is 0 Å². The summed E-state index contributed by atoms with van der Waals surface area (Å²) in [5.41, 5.74) is 3.38. The summed E-state index contributed by atoms with van der Waals surface area (Å²) in [7, 11) is 0. The molecule has 1 fully saturated rings. The maximum absolute atomic E-state index is 13.1. The zero-order chi connectivity index (χ0) is 22.3. The summed E-state index contributed by atoms with van der Waals surface area (Å²) in [5, 5.41) is 6.02. The van der Waals surface area contributed by atoms with E-state index >= 15 is 0 Å². The average molecular weight is 429 g/mol. The van der Waals surface area contributed by atoms with Crippen molar-refractivity contribution in [2.45, 2.75) is 37.8 Å². The first-order chi connectivity index (χ1) is 15.6. The molecule has 0 unspecified atom stereocenters. The van der Waals surface area contributed by atoms with Crippen LogP contribution in [0.3, 0.4) is 0 Å². The van der Waals surface area contributed by atoms with E-state index in [1.54, 1.807) is 24.3 Å². The van der Waals surface area contributed by atoms with Gasteiger partial charge in [-0.1, -0.05) is 66.7 Å². The van der Waals surface area contributed by atoms with Gasteiger partial charge in [-0.15, -0.1) is 0 Å². The fourth-order valence-electron chi connectivity index (χ4n) is 4.21. The lowest BCUT2D eigenvalue weighted by Crippen LogP contribution is -2.37. The van der Waals surface area contributed by atoms with Crippen molar-refractivity contribution in [3.63, 3.8) is 0 Å². The van der Waals surface area contributed by atoms with E-state index in [9.17, 15) is 9.59 Å². The number of rotatable bonds is 7. The van der Waals surface area contributed by atoms with Gasteiger partial charge in [0, 0.05) is 29.8 Å². The van der Waals surface area contributed by atoms with E-state index in [1.807, 2.05) is 43.3 Å². The monoisotopic (exact) mass is 428 g/mol. The number of carbonyl (C=O) groups excluding carboxylic acids is 2. The van der Waals surface area contributed by atoms with E-state index in [1.165, 1.54) is 0 Å². The molecule has 3 aromatic carbocycles. The van der Waals surface area contributed by atoms with Crippen molar-refractivity contribution in [3.05, 3.63) is 102 Å². The van der Waals surface area contributed by atoms with Gasteiger partial charge in [0.15, 0.2) is 0 Å². The Kier molecular flexibility index (Phi) is 6.97. The molecule has 2 amide bonds. The molecule has 0 spiro atoms. The predicted molar refractivity (Wildman–Crippen MR) is 126 cm³/mol. The molecule has 32 heavy (non-hydrogen) atoms. The van der Waals surface area contributed by atoms with Crippen molar-refractivity contribution in [2.24, 2.45) is 0 Å². The highest BCUT2D eigenvalue weighted by Gasteiger charge is 2.25. The molecule has 3 aromatic rings. The second-order valence-electron chi connectivity index (χ2n) is 8.13. The molecule has 0 radical (unpaired) electrons. The third-order valence-electron chi connectivity index (χ3n) is 5.79. The summed E-state index contributed by atoms with van der Waals surface area (Å²) in [6.07, 6.45) is 1.21. The predicted octanol–water partition coefficient (Wildman–Crippen LogP) is 4.75. The minimum atomic E-state index is -0.412. The van der Waals surface area contributed by atoms with E-state index in [0.717, 1.165) is 24.0 Å². The summed E-state index contributed by atoms with van der Waals surface area (Å²) < 4.78 is 5.44. The number of hydrogen-bond acceptors (Lipinski definition) is 3. The fraction of sp³-hybridized carbons (Fsp3) is 0.259. The Hall–Kier alpha value is -3.44. The molecule has 0 aromatic heterocycles. The van der Waals surface area contributed by atoms with E-state index in [-0.39, 0.29) is 23.8 Å². The van der Waals surface area contributed by atoms with Gasteiger partial charge in [-0.25, -0.2) is 0 Å². The lowest BCUT2D eigenvalue weighted by Gasteiger charge is -2.26. The summed E-state index contributed by atoms with van der Waals surface area (Å²) in [4.78, 5) is 25.4. The largest absolute Gasteiger partial charge is 0.368 e. The highest BCUT2D eigenvalue weighted by atomic mass is 16.5. The van der Waals surface area contributed by atoms with Crippen molar-refractivity contribution in [3.8, 4) is 0 Å². The van der Waals surface area contributed by atoms with Gasteiger partial charge in [-0.05, 0) is 49.1 Å². The number of hydrogen-bond donors (Lipinski definition) is 2. The van der Waals surface area contributed by atoms with Gasteiger partial charge < -0.3 is 15.4 Å². The number of carbonyl (C=O) groups is 2. The molecule has 2 atom stereocenters. The van der Waals surface area contributed by atoms with Crippen LogP contribution < -0.4 is 10.6 Å². The Labute approximate surface area is 188 Å². The second-order valence-corrected chi connectivity index (χ2v) is 8.13. The van der Waals surface area contributed by atoms with Crippen LogP contribution in [0.15, 0.2) is 84.9 Å². The van der Waals surface area contributed by atoms with E-state index in [4.69, 9.17) is 4.74 Å². The molecule has 5 heteroatoms. The summed E-state index contributed by atoms with van der Waals surface area (Å²) in [6, 6.07) is 27.2. The third kappa shape index (κ3) is 5.24. The zero-order valence-corrected chi connectivity index (χ0v) is 18.2. The first kappa shape index (κ1) is 21.8. The Balaban J connectivity index is 1.49. The second kappa shape index (κ2) is 10.2. The van der Waals surface area contributed by atoms with Crippen LogP contribution in [0.4, 0.5) is 5.69 Å². The quantitative estimate of drug-likeness (QED) is 0.570. The molecule has 1 aliphatic heterocycles. The molecule has 1 aliphatic rings. The average Bonchev–Trinajstić information content (AvgIpc) is 3.36. The van der Waals surface area contributed by atoms with Crippen molar-refractivity contribution >= 4 is 17.5 Å². The van der Waals surface area contributed by atoms with Gasteiger partial charge in [0.1, 0.15) is 6.10 Å². The van der Waals surface area contributed by atoms with Crippen molar-refractivity contribution in [1.29, 1.82) is 0 Å². The van der Waals surface area contributed by atoms with Crippen LogP contribution in [0, 0.1) is 0 Å².